The molecule has 28 heavy (non-hydrogen) atoms. The Balaban J connectivity index is 2.00. The molecule has 0 atom stereocenters. The predicted molar refractivity (Wildman–Crippen MR) is 117 cm³/mol. The quantitative estimate of drug-likeness (QED) is 0.306. The first-order chi connectivity index (χ1) is 13.6. The van der Waals surface area contributed by atoms with Crippen LogP contribution < -0.4 is 4.90 Å². The first kappa shape index (κ1) is 24.2. The number of unbranched alkanes of at least 4 members (excludes halogenated alkanes) is 10. The molecule has 0 bridgehead atoms. The molecule has 0 fully saturated rings. The summed E-state index contributed by atoms with van der Waals surface area (Å²) in [5.74, 6) is -0.434. The van der Waals surface area contributed by atoms with Crippen molar-refractivity contribution in [2.24, 2.45) is 0 Å². The Kier molecular flexibility index (Phi) is 14.0. The minimum absolute atomic E-state index is 0.246. The molecule has 0 saturated carbocycles. The van der Waals surface area contributed by atoms with Crippen molar-refractivity contribution in [1.29, 1.82) is 0 Å². The lowest BCUT2D eigenvalue weighted by Gasteiger charge is -2.22. The molecule has 0 heterocycles. The SMILES string of the molecule is CCCN(C(=O)CCCCCCCCCCCCCC(=O)O)c1ccccc1. The Bertz CT molecular complexity index is 530. The molecule has 4 nitrogen and oxygen atoms in total. The number of nitrogens with zero attached hydrogens (tertiary/aromatic N) is 1. The number of rotatable bonds is 17. The average molecular weight is 390 g/mol. The van der Waals surface area contributed by atoms with Gasteiger partial charge in [0.15, 0.2) is 0 Å². The van der Waals surface area contributed by atoms with Crippen LogP contribution in [0.15, 0.2) is 30.3 Å². The number of carbonyl (C=O) groups excluding carboxylic acids is 1. The van der Waals surface area contributed by atoms with Gasteiger partial charge in [-0.2, -0.15) is 0 Å². The van der Waals surface area contributed by atoms with E-state index in [1.165, 1.54) is 38.5 Å². The summed E-state index contributed by atoms with van der Waals surface area (Å²) in [6.07, 6.45) is 14.5. The average Bonchev–Trinajstić information content (AvgIpc) is 2.70. The van der Waals surface area contributed by atoms with E-state index in [1.54, 1.807) is 0 Å². The summed E-state index contributed by atoms with van der Waals surface area (Å²) in [4.78, 5) is 24.9. The van der Waals surface area contributed by atoms with Gasteiger partial charge in [0.2, 0.25) is 5.91 Å². The lowest BCUT2D eigenvalue weighted by atomic mass is 10.0. The Morgan fingerprint density at radius 2 is 1.21 bits per heavy atom. The van der Waals surface area contributed by atoms with E-state index in [-0.39, 0.29) is 5.91 Å². The van der Waals surface area contributed by atoms with Crippen LogP contribution in [0.4, 0.5) is 5.69 Å². The minimum atomic E-state index is -0.681. The fraction of sp³-hybridized carbons (Fsp3) is 0.667. The molecule has 0 spiro atoms. The molecule has 0 aliphatic carbocycles. The van der Waals surface area contributed by atoms with Gasteiger partial charge in [-0.25, -0.2) is 0 Å². The standard InChI is InChI=1S/C24H39NO3/c1-2-21-25(22-17-13-12-14-18-22)23(26)19-15-10-8-6-4-3-5-7-9-11-16-20-24(27)28/h12-14,17-18H,2-11,15-16,19-21H2,1H3,(H,27,28). The van der Waals surface area contributed by atoms with Gasteiger partial charge >= 0.3 is 5.97 Å². The maximum atomic E-state index is 12.5. The topological polar surface area (TPSA) is 57.6 Å². The van der Waals surface area contributed by atoms with Crippen LogP contribution in [0.5, 0.6) is 0 Å². The summed E-state index contributed by atoms with van der Waals surface area (Å²) in [5, 5.41) is 8.59. The molecule has 0 radical (unpaired) electrons. The van der Waals surface area contributed by atoms with Crippen molar-refractivity contribution in [3.05, 3.63) is 30.3 Å². The summed E-state index contributed by atoms with van der Waals surface area (Å²) in [5.41, 5.74) is 1.01. The summed E-state index contributed by atoms with van der Waals surface area (Å²) in [6.45, 7) is 2.90. The molecule has 1 aromatic rings. The Morgan fingerprint density at radius 3 is 1.68 bits per heavy atom. The number of hydrogen-bond donors (Lipinski definition) is 1. The van der Waals surface area contributed by atoms with E-state index in [0.29, 0.717) is 12.8 Å². The molecule has 0 aliphatic heterocycles. The van der Waals surface area contributed by atoms with Gasteiger partial charge < -0.3 is 10.0 Å². The second-order valence-electron chi connectivity index (χ2n) is 7.66. The van der Waals surface area contributed by atoms with Gasteiger partial charge in [-0.15, -0.1) is 0 Å². The lowest BCUT2D eigenvalue weighted by Crippen LogP contribution is -2.31. The molecule has 1 aromatic carbocycles. The van der Waals surface area contributed by atoms with E-state index in [4.69, 9.17) is 5.11 Å². The second kappa shape index (κ2) is 16.1. The number of carbonyl (C=O) groups is 2. The summed E-state index contributed by atoms with van der Waals surface area (Å²) < 4.78 is 0. The van der Waals surface area contributed by atoms with Crippen LogP contribution in [0.3, 0.4) is 0 Å². The van der Waals surface area contributed by atoms with Crippen molar-refractivity contribution in [2.75, 3.05) is 11.4 Å². The molecule has 1 N–H and O–H groups in total. The first-order valence-electron chi connectivity index (χ1n) is 11.2. The Labute approximate surface area is 171 Å². The number of carboxylic acid groups (broad SMARTS) is 1. The molecule has 0 aromatic heterocycles. The molecule has 0 aliphatic rings. The molecule has 4 heteroatoms. The fourth-order valence-electron chi connectivity index (χ4n) is 3.51. The zero-order valence-corrected chi connectivity index (χ0v) is 17.7. The molecule has 0 saturated heterocycles. The van der Waals surface area contributed by atoms with Gasteiger partial charge in [-0.1, -0.05) is 82.9 Å². The van der Waals surface area contributed by atoms with E-state index in [0.717, 1.165) is 50.8 Å². The largest absolute Gasteiger partial charge is 0.481 e. The van der Waals surface area contributed by atoms with Crippen LogP contribution in [0, 0.1) is 0 Å². The van der Waals surface area contributed by atoms with Gasteiger partial charge in [0.1, 0.15) is 0 Å². The Morgan fingerprint density at radius 1 is 0.750 bits per heavy atom. The lowest BCUT2D eigenvalue weighted by molar-refractivity contribution is -0.137. The molecule has 158 valence electrons. The zero-order valence-electron chi connectivity index (χ0n) is 17.7. The van der Waals surface area contributed by atoms with Gasteiger partial charge in [0.25, 0.3) is 0 Å². The van der Waals surface area contributed by atoms with Gasteiger partial charge in [0.05, 0.1) is 0 Å². The van der Waals surface area contributed by atoms with E-state index < -0.39 is 5.97 Å². The third-order valence-electron chi connectivity index (χ3n) is 5.10. The van der Waals surface area contributed by atoms with Crippen molar-refractivity contribution >= 4 is 17.6 Å². The number of hydrogen-bond acceptors (Lipinski definition) is 2. The van der Waals surface area contributed by atoms with Gasteiger partial charge in [-0.3, -0.25) is 9.59 Å². The highest BCUT2D eigenvalue weighted by Crippen LogP contribution is 2.17. The van der Waals surface area contributed by atoms with Crippen LogP contribution in [0.25, 0.3) is 0 Å². The highest BCUT2D eigenvalue weighted by atomic mass is 16.4. The van der Waals surface area contributed by atoms with Crippen molar-refractivity contribution in [2.45, 2.75) is 96.8 Å². The van der Waals surface area contributed by atoms with Crippen LogP contribution in [0.2, 0.25) is 0 Å². The van der Waals surface area contributed by atoms with Crippen molar-refractivity contribution in [3.63, 3.8) is 0 Å². The number of anilines is 1. The normalized spacial score (nSPS) is 10.8. The smallest absolute Gasteiger partial charge is 0.303 e. The van der Waals surface area contributed by atoms with Crippen LogP contribution >= 0.6 is 0 Å². The third-order valence-corrected chi connectivity index (χ3v) is 5.10. The van der Waals surface area contributed by atoms with E-state index >= 15 is 0 Å². The number of benzene rings is 1. The fourth-order valence-corrected chi connectivity index (χ4v) is 3.51. The zero-order chi connectivity index (χ0) is 20.5. The number of amides is 1. The van der Waals surface area contributed by atoms with E-state index in [9.17, 15) is 9.59 Å². The number of carboxylic acids is 1. The van der Waals surface area contributed by atoms with E-state index in [1.807, 2.05) is 35.2 Å². The monoisotopic (exact) mass is 389 g/mol. The molecule has 0 unspecified atom stereocenters. The van der Waals surface area contributed by atoms with Gasteiger partial charge in [-0.05, 0) is 31.4 Å². The molecular formula is C24H39NO3. The number of aliphatic carboxylic acids is 1. The van der Waals surface area contributed by atoms with Gasteiger partial charge in [0, 0.05) is 25.1 Å². The minimum Gasteiger partial charge on any atom is -0.481 e. The maximum absolute atomic E-state index is 12.5. The summed E-state index contributed by atoms with van der Waals surface area (Å²) >= 11 is 0. The second-order valence-corrected chi connectivity index (χ2v) is 7.66. The van der Waals surface area contributed by atoms with Crippen LogP contribution in [-0.2, 0) is 9.59 Å². The van der Waals surface area contributed by atoms with E-state index in [2.05, 4.69) is 6.92 Å². The predicted octanol–water partition coefficient (Wildman–Crippen LogP) is 6.59. The van der Waals surface area contributed by atoms with Crippen molar-refractivity contribution < 1.29 is 14.7 Å². The van der Waals surface area contributed by atoms with Crippen LogP contribution in [-0.4, -0.2) is 23.5 Å². The molecule has 1 rings (SSSR count). The van der Waals surface area contributed by atoms with Crippen LogP contribution in [0.1, 0.15) is 96.8 Å². The molecular weight excluding hydrogens is 350 g/mol. The first-order valence-corrected chi connectivity index (χ1v) is 11.2. The van der Waals surface area contributed by atoms with Crippen molar-refractivity contribution in [3.8, 4) is 0 Å². The Hall–Kier alpha value is -1.84. The highest BCUT2D eigenvalue weighted by Gasteiger charge is 2.13. The number of para-hydroxylation sites is 1. The third kappa shape index (κ3) is 11.8. The maximum Gasteiger partial charge on any atom is 0.303 e. The summed E-state index contributed by atoms with van der Waals surface area (Å²) in [7, 11) is 0. The van der Waals surface area contributed by atoms with Crippen molar-refractivity contribution in [1.82, 2.24) is 0 Å². The molecule has 1 amide bonds. The highest BCUT2D eigenvalue weighted by molar-refractivity contribution is 5.93. The summed E-state index contributed by atoms with van der Waals surface area (Å²) in [6, 6.07) is 9.99.